The van der Waals surface area contributed by atoms with E-state index in [1.165, 1.54) is 24.8 Å². The predicted octanol–water partition coefficient (Wildman–Crippen LogP) is 4.45. The molecule has 1 unspecified atom stereocenters. The molecule has 2 aromatic rings. The van der Waals surface area contributed by atoms with Crippen LogP contribution >= 0.6 is 11.8 Å². The van der Waals surface area contributed by atoms with Gasteiger partial charge in [0.15, 0.2) is 6.10 Å². The summed E-state index contributed by atoms with van der Waals surface area (Å²) in [4.78, 5) is 27.7. The Kier molecular flexibility index (Phi) is 7.68. The molecule has 1 fully saturated rings. The maximum absolute atomic E-state index is 13.3. The van der Waals surface area contributed by atoms with Gasteiger partial charge in [-0.05, 0) is 43.5 Å². The van der Waals surface area contributed by atoms with E-state index < -0.39 is 29.7 Å². The molecule has 1 atom stereocenters. The lowest BCUT2D eigenvalue weighted by atomic mass is 10.1. The summed E-state index contributed by atoms with van der Waals surface area (Å²) in [6, 6.07) is 9.99. The summed E-state index contributed by atoms with van der Waals surface area (Å²) >= 11 is 1.36. The van der Waals surface area contributed by atoms with Gasteiger partial charge in [-0.1, -0.05) is 12.1 Å². The first-order valence-electron chi connectivity index (χ1n) is 9.89. The van der Waals surface area contributed by atoms with Crippen LogP contribution in [0.2, 0.25) is 0 Å². The third kappa shape index (κ3) is 5.74. The molecule has 172 valence electrons. The summed E-state index contributed by atoms with van der Waals surface area (Å²) in [5, 5.41) is 2.50. The quantitative estimate of drug-likeness (QED) is 0.499. The lowest BCUT2D eigenvalue weighted by molar-refractivity contribution is -0.137. The van der Waals surface area contributed by atoms with Gasteiger partial charge in [-0.25, -0.2) is 4.79 Å². The zero-order chi connectivity index (χ0) is 23.3. The highest BCUT2D eigenvalue weighted by Gasteiger charge is 2.32. The van der Waals surface area contributed by atoms with Crippen molar-refractivity contribution in [2.24, 2.45) is 0 Å². The molecule has 1 aliphatic rings. The monoisotopic (exact) mass is 468 g/mol. The van der Waals surface area contributed by atoms with Crippen LogP contribution < -0.4 is 10.2 Å². The topological polar surface area (TPSA) is 67.9 Å². The van der Waals surface area contributed by atoms with Crippen molar-refractivity contribution in [3.8, 4) is 0 Å². The van der Waals surface area contributed by atoms with E-state index >= 15 is 0 Å². The summed E-state index contributed by atoms with van der Waals surface area (Å²) in [6.45, 7) is 3.18. The Bertz CT molecular complexity index is 978. The van der Waals surface area contributed by atoms with E-state index in [-0.39, 0.29) is 5.69 Å². The van der Waals surface area contributed by atoms with Gasteiger partial charge < -0.3 is 19.7 Å². The Morgan fingerprint density at radius 2 is 1.84 bits per heavy atom. The average Bonchev–Trinajstić information content (AvgIpc) is 2.78. The molecular weight excluding hydrogens is 445 g/mol. The molecule has 0 aromatic heterocycles. The van der Waals surface area contributed by atoms with Crippen molar-refractivity contribution in [1.29, 1.82) is 0 Å². The molecule has 0 aliphatic carbocycles. The number of ether oxygens (including phenoxy) is 2. The summed E-state index contributed by atoms with van der Waals surface area (Å²) < 4.78 is 50.3. The highest BCUT2D eigenvalue weighted by Crippen LogP contribution is 2.36. The van der Waals surface area contributed by atoms with Gasteiger partial charge in [0.1, 0.15) is 0 Å². The fraction of sp³-hybridized carbons (Fsp3) is 0.364. The van der Waals surface area contributed by atoms with Crippen LogP contribution in [0.1, 0.15) is 22.8 Å². The molecule has 3 rings (SSSR count). The third-order valence-corrected chi connectivity index (χ3v) is 5.71. The van der Waals surface area contributed by atoms with Crippen LogP contribution in [0.4, 0.5) is 24.5 Å². The fourth-order valence-electron chi connectivity index (χ4n) is 3.22. The first-order chi connectivity index (χ1) is 15.2. The van der Waals surface area contributed by atoms with Crippen LogP contribution in [-0.4, -0.2) is 50.5 Å². The Hall–Kier alpha value is -2.72. The zero-order valence-corrected chi connectivity index (χ0v) is 18.4. The van der Waals surface area contributed by atoms with Crippen molar-refractivity contribution in [1.82, 2.24) is 0 Å². The third-order valence-electron chi connectivity index (χ3n) is 4.91. The van der Waals surface area contributed by atoms with Crippen molar-refractivity contribution >= 4 is 35.0 Å². The fourth-order valence-corrected chi connectivity index (χ4v) is 3.80. The molecule has 0 spiro atoms. The normalized spacial score (nSPS) is 15.2. The van der Waals surface area contributed by atoms with Crippen LogP contribution in [0, 0.1) is 0 Å². The standard InChI is InChI=1S/C22H23F3N2O4S/c1-14(31-21(29)16-5-3-4-6-19(16)32-2)20(28)26-17-13-15(22(23,24)25)7-8-18(17)27-9-11-30-12-10-27/h3-8,13-14H,9-12H2,1-2H3,(H,26,28). The second-order valence-electron chi connectivity index (χ2n) is 7.07. The molecule has 1 amide bonds. The van der Waals surface area contributed by atoms with E-state index in [0.717, 1.165) is 12.1 Å². The van der Waals surface area contributed by atoms with E-state index in [9.17, 15) is 22.8 Å². The van der Waals surface area contributed by atoms with Gasteiger partial charge in [-0.3, -0.25) is 4.79 Å². The second kappa shape index (κ2) is 10.3. The van der Waals surface area contributed by atoms with E-state index in [0.29, 0.717) is 42.4 Å². The minimum absolute atomic E-state index is 0.000798. The summed E-state index contributed by atoms with van der Waals surface area (Å²) in [7, 11) is 0. The maximum Gasteiger partial charge on any atom is 0.416 e. The minimum Gasteiger partial charge on any atom is -0.449 e. The number of morpholine rings is 1. The van der Waals surface area contributed by atoms with Gasteiger partial charge in [-0.2, -0.15) is 13.2 Å². The molecule has 0 radical (unpaired) electrons. The predicted molar refractivity (Wildman–Crippen MR) is 116 cm³/mol. The number of rotatable bonds is 6. The summed E-state index contributed by atoms with van der Waals surface area (Å²) in [5.74, 6) is -1.41. The van der Waals surface area contributed by atoms with Gasteiger partial charge in [0.05, 0.1) is 35.7 Å². The molecule has 1 N–H and O–H groups in total. The number of esters is 1. The Labute approximate surface area is 188 Å². The van der Waals surface area contributed by atoms with Crippen LogP contribution in [-0.2, 0) is 20.4 Å². The van der Waals surface area contributed by atoms with Crippen LogP contribution in [0.25, 0.3) is 0 Å². The average molecular weight is 468 g/mol. The molecule has 10 heteroatoms. The first-order valence-corrected chi connectivity index (χ1v) is 11.1. The van der Waals surface area contributed by atoms with E-state index in [1.54, 1.807) is 24.3 Å². The number of thioether (sulfide) groups is 1. The SMILES string of the molecule is CSc1ccccc1C(=O)OC(C)C(=O)Nc1cc(C(F)(F)F)ccc1N1CCOCC1. The van der Waals surface area contributed by atoms with Gasteiger partial charge in [0.2, 0.25) is 0 Å². The van der Waals surface area contributed by atoms with Gasteiger partial charge in [0.25, 0.3) is 5.91 Å². The van der Waals surface area contributed by atoms with Crippen molar-refractivity contribution < 1.29 is 32.2 Å². The molecule has 1 heterocycles. The van der Waals surface area contributed by atoms with Gasteiger partial charge >= 0.3 is 12.1 Å². The number of carbonyl (C=O) groups excluding carboxylic acids is 2. The van der Waals surface area contributed by atoms with Crippen molar-refractivity contribution in [3.05, 3.63) is 53.6 Å². The van der Waals surface area contributed by atoms with E-state index in [2.05, 4.69) is 5.32 Å². The lowest BCUT2D eigenvalue weighted by Gasteiger charge is -2.31. The van der Waals surface area contributed by atoms with Crippen LogP contribution in [0.5, 0.6) is 0 Å². The number of hydrogen-bond acceptors (Lipinski definition) is 6. The number of carbonyl (C=O) groups is 2. The zero-order valence-electron chi connectivity index (χ0n) is 17.6. The molecule has 1 saturated heterocycles. The Morgan fingerprint density at radius 1 is 1.16 bits per heavy atom. The van der Waals surface area contributed by atoms with Crippen molar-refractivity contribution in [2.75, 3.05) is 42.8 Å². The van der Waals surface area contributed by atoms with E-state index in [1.807, 2.05) is 11.2 Å². The smallest absolute Gasteiger partial charge is 0.416 e. The summed E-state index contributed by atoms with van der Waals surface area (Å²) in [6.07, 6.45) is -3.98. The Balaban J connectivity index is 1.79. The number of benzene rings is 2. The van der Waals surface area contributed by atoms with Crippen molar-refractivity contribution in [2.45, 2.75) is 24.1 Å². The number of halogens is 3. The number of anilines is 2. The highest BCUT2D eigenvalue weighted by molar-refractivity contribution is 7.98. The van der Waals surface area contributed by atoms with Crippen molar-refractivity contribution in [3.63, 3.8) is 0 Å². The number of alkyl halides is 3. The number of nitrogens with zero attached hydrogens (tertiary/aromatic N) is 1. The largest absolute Gasteiger partial charge is 0.449 e. The van der Waals surface area contributed by atoms with Gasteiger partial charge in [-0.15, -0.1) is 11.8 Å². The lowest BCUT2D eigenvalue weighted by Crippen LogP contribution is -2.37. The molecule has 1 aliphatic heterocycles. The molecular formula is C22H23F3N2O4S. The highest BCUT2D eigenvalue weighted by atomic mass is 32.2. The van der Waals surface area contributed by atoms with Gasteiger partial charge in [0, 0.05) is 18.0 Å². The molecule has 32 heavy (non-hydrogen) atoms. The number of hydrogen-bond donors (Lipinski definition) is 1. The molecule has 0 bridgehead atoms. The molecule has 2 aromatic carbocycles. The maximum atomic E-state index is 13.3. The summed E-state index contributed by atoms with van der Waals surface area (Å²) in [5.41, 5.74) is -0.129. The minimum atomic E-state index is -4.57. The Morgan fingerprint density at radius 3 is 2.50 bits per heavy atom. The number of amides is 1. The number of nitrogens with one attached hydrogen (secondary N) is 1. The molecule has 6 nitrogen and oxygen atoms in total. The second-order valence-corrected chi connectivity index (χ2v) is 7.91. The van der Waals surface area contributed by atoms with Crippen LogP contribution in [0.15, 0.2) is 47.4 Å². The van der Waals surface area contributed by atoms with Crippen LogP contribution in [0.3, 0.4) is 0 Å². The van der Waals surface area contributed by atoms with E-state index in [4.69, 9.17) is 9.47 Å². The first kappa shape index (κ1) is 23.9. The molecule has 0 saturated carbocycles.